The zero-order valence-electron chi connectivity index (χ0n) is 30.8. The van der Waals surface area contributed by atoms with E-state index in [1.807, 2.05) is 24.3 Å². The largest absolute Gasteiger partial charge is 0.359 e. The number of hydrogen-bond donors (Lipinski definition) is 2. The van der Waals surface area contributed by atoms with Gasteiger partial charge in [0.2, 0.25) is 0 Å². The molecule has 0 fully saturated rings. The monoisotopic (exact) mass is 662 g/mol. The molecule has 1 heterocycles. The van der Waals surface area contributed by atoms with E-state index in [0.29, 0.717) is 11.8 Å². The van der Waals surface area contributed by atoms with Crippen molar-refractivity contribution in [3.05, 3.63) is 168 Å². The first-order valence-electron chi connectivity index (χ1n) is 17.9. The van der Waals surface area contributed by atoms with Crippen molar-refractivity contribution in [2.75, 3.05) is 22.6 Å². The second-order valence-corrected chi connectivity index (χ2v) is 14.1. The number of para-hydroxylation sites is 4. The zero-order valence-corrected chi connectivity index (χ0v) is 30.8. The Morgan fingerprint density at radius 1 is 0.840 bits per heavy atom. The lowest BCUT2D eigenvalue weighted by Gasteiger charge is -2.34. The van der Waals surface area contributed by atoms with Crippen molar-refractivity contribution >= 4 is 28.5 Å². The molecule has 50 heavy (non-hydrogen) atoms. The second-order valence-electron chi connectivity index (χ2n) is 14.1. The summed E-state index contributed by atoms with van der Waals surface area (Å²) in [5.74, 6) is 1.01. The maximum Gasteiger partial charge on any atom is 0.0647 e. The van der Waals surface area contributed by atoms with Gasteiger partial charge in [-0.3, -0.25) is 4.99 Å². The number of nitrogens with one attached hydrogen (secondary N) is 2. The van der Waals surface area contributed by atoms with Crippen LogP contribution in [0.1, 0.15) is 93.9 Å². The molecule has 1 aliphatic rings. The fraction of sp³-hybridized carbons (Fsp3) is 0.283. The molecule has 0 radical (unpaired) electrons. The van der Waals surface area contributed by atoms with Crippen molar-refractivity contribution in [3.63, 3.8) is 0 Å². The molecule has 2 atom stereocenters. The predicted molar refractivity (Wildman–Crippen MR) is 218 cm³/mol. The molecule has 0 bridgehead atoms. The molecule has 5 rings (SSSR count). The van der Waals surface area contributed by atoms with Crippen LogP contribution in [0, 0.1) is 0 Å². The van der Waals surface area contributed by atoms with E-state index in [1.54, 1.807) is 0 Å². The van der Waals surface area contributed by atoms with Crippen LogP contribution in [-0.4, -0.2) is 18.8 Å². The highest BCUT2D eigenvalue weighted by Gasteiger charge is 2.31. The van der Waals surface area contributed by atoms with Gasteiger partial charge in [-0.05, 0) is 84.7 Å². The van der Waals surface area contributed by atoms with Gasteiger partial charge in [-0.25, -0.2) is 0 Å². The number of rotatable bonds is 15. The van der Waals surface area contributed by atoms with Crippen molar-refractivity contribution in [1.82, 2.24) is 0 Å². The molecule has 4 aromatic carbocycles. The van der Waals surface area contributed by atoms with E-state index in [0.717, 1.165) is 59.0 Å². The Morgan fingerprint density at radius 3 is 2.16 bits per heavy atom. The minimum absolute atomic E-state index is 0.0162. The topological polar surface area (TPSA) is 39.7 Å². The van der Waals surface area contributed by atoms with Crippen LogP contribution >= 0.6 is 0 Å². The standard InChI is InChI=1S/C46H54N4/c1-10-42-40-22-15-14-21-39(40)41(28-27-33(6)29-34(7)47-36-19-12-11-13-20-36)44(48-42)30-35(8)50(9)45-26-17-16-25-43(45)49-46-37(31(2)3)23-18-24-38(46)32(4)5/h10-26,29,31-32,41,44,47,49H,1,6,8,27-28,30H2,2-5,7,9H3/b34-29+. The third kappa shape index (κ3) is 8.55. The van der Waals surface area contributed by atoms with Crippen molar-refractivity contribution in [2.24, 2.45) is 4.99 Å². The van der Waals surface area contributed by atoms with Gasteiger partial charge in [0.05, 0.1) is 23.1 Å². The number of aliphatic imine (C=N–C) groups is 1. The first-order chi connectivity index (χ1) is 24.1. The SMILES string of the molecule is C=CC1=NC(CC(=C)N(C)c2ccccc2Nc2c(C(C)C)cccc2C(C)C)C(CCC(=C)/C=C(\C)Nc2ccccc2)c2ccccc21. The maximum atomic E-state index is 5.32. The lowest BCUT2D eigenvalue weighted by Crippen LogP contribution is -2.29. The Balaban J connectivity index is 1.38. The van der Waals surface area contributed by atoms with Gasteiger partial charge in [0.15, 0.2) is 0 Å². The summed E-state index contributed by atoms with van der Waals surface area (Å²) in [5, 5.41) is 7.35. The molecule has 2 unspecified atom stereocenters. The lowest BCUT2D eigenvalue weighted by atomic mass is 9.79. The average molecular weight is 663 g/mol. The molecule has 0 saturated heterocycles. The Hall–Kier alpha value is -5.09. The van der Waals surface area contributed by atoms with Crippen LogP contribution in [0.2, 0.25) is 0 Å². The van der Waals surface area contributed by atoms with Crippen LogP contribution in [0.25, 0.3) is 0 Å². The van der Waals surface area contributed by atoms with Crippen LogP contribution < -0.4 is 15.5 Å². The van der Waals surface area contributed by atoms with Gasteiger partial charge in [-0.1, -0.05) is 126 Å². The molecule has 0 aliphatic carbocycles. The minimum atomic E-state index is 0.0162. The first-order valence-corrected chi connectivity index (χ1v) is 17.9. The fourth-order valence-electron chi connectivity index (χ4n) is 7.05. The maximum absolute atomic E-state index is 5.32. The normalized spacial score (nSPS) is 15.7. The molecule has 1 aliphatic heterocycles. The number of fused-ring (bicyclic) bond motifs is 1. The molecular weight excluding hydrogens is 609 g/mol. The highest BCUT2D eigenvalue weighted by molar-refractivity contribution is 6.10. The second kappa shape index (κ2) is 16.5. The number of allylic oxidation sites excluding steroid dienone is 4. The predicted octanol–water partition coefficient (Wildman–Crippen LogP) is 12.5. The molecule has 258 valence electrons. The number of benzene rings is 4. The van der Waals surface area contributed by atoms with Gasteiger partial charge in [0.25, 0.3) is 0 Å². The van der Waals surface area contributed by atoms with Gasteiger partial charge in [-0.2, -0.15) is 0 Å². The molecular formula is C46H54N4. The van der Waals surface area contributed by atoms with Crippen LogP contribution in [-0.2, 0) is 0 Å². The van der Waals surface area contributed by atoms with E-state index < -0.39 is 0 Å². The van der Waals surface area contributed by atoms with Gasteiger partial charge in [0.1, 0.15) is 0 Å². The summed E-state index contributed by atoms with van der Waals surface area (Å²) in [5.41, 5.74) is 13.7. The average Bonchev–Trinajstić information content (AvgIpc) is 3.11. The van der Waals surface area contributed by atoms with Gasteiger partial charge >= 0.3 is 0 Å². The summed E-state index contributed by atoms with van der Waals surface area (Å²) in [6.07, 6.45) is 6.58. The molecule has 0 saturated carbocycles. The molecule has 4 heteroatoms. The van der Waals surface area contributed by atoms with Crippen LogP contribution in [0.3, 0.4) is 0 Å². The molecule has 0 spiro atoms. The highest BCUT2D eigenvalue weighted by atomic mass is 15.1. The van der Waals surface area contributed by atoms with Gasteiger partial charge in [0, 0.05) is 47.7 Å². The van der Waals surface area contributed by atoms with Crippen molar-refractivity contribution in [3.8, 4) is 0 Å². The van der Waals surface area contributed by atoms with Gasteiger partial charge < -0.3 is 15.5 Å². The Morgan fingerprint density at radius 2 is 1.48 bits per heavy atom. The molecule has 0 amide bonds. The number of anilines is 4. The quantitative estimate of drug-likeness (QED) is 0.124. The van der Waals surface area contributed by atoms with Crippen molar-refractivity contribution < 1.29 is 0 Å². The Kier molecular flexibility index (Phi) is 12.0. The van der Waals surface area contributed by atoms with E-state index in [9.17, 15) is 0 Å². The van der Waals surface area contributed by atoms with E-state index in [2.05, 4.69) is 162 Å². The number of nitrogens with zero attached hydrogens (tertiary/aromatic N) is 2. The number of hydrogen-bond acceptors (Lipinski definition) is 4. The highest BCUT2D eigenvalue weighted by Crippen LogP contribution is 2.41. The minimum Gasteiger partial charge on any atom is -0.359 e. The summed E-state index contributed by atoms with van der Waals surface area (Å²) < 4.78 is 0. The third-order valence-corrected chi connectivity index (χ3v) is 9.73. The lowest BCUT2D eigenvalue weighted by molar-refractivity contribution is 0.490. The van der Waals surface area contributed by atoms with Crippen LogP contribution in [0.5, 0.6) is 0 Å². The van der Waals surface area contributed by atoms with Crippen LogP contribution in [0.4, 0.5) is 22.7 Å². The smallest absolute Gasteiger partial charge is 0.0647 e. The van der Waals surface area contributed by atoms with E-state index in [-0.39, 0.29) is 12.0 Å². The Bertz CT molecular complexity index is 1850. The summed E-state index contributed by atoms with van der Waals surface area (Å²) in [6, 6.07) is 34.1. The summed E-state index contributed by atoms with van der Waals surface area (Å²) in [6.45, 7) is 24.4. The molecule has 4 aromatic rings. The first kappa shape index (κ1) is 36.2. The van der Waals surface area contributed by atoms with E-state index in [4.69, 9.17) is 4.99 Å². The zero-order chi connectivity index (χ0) is 35.8. The van der Waals surface area contributed by atoms with Crippen molar-refractivity contribution in [1.29, 1.82) is 0 Å². The molecule has 4 nitrogen and oxygen atoms in total. The Labute approximate surface area is 301 Å². The summed E-state index contributed by atoms with van der Waals surface area (Å²) >= 11 is 0. The van der Waals surface area contributed by atoms with Crippen molar-refractivity contribution in [2.45, 2.75) is 77.7 Å². The molecule has 0 aromatic heterocycles. The van der Waals surface area contributed by atoms with E-state index >= 15 is 0 Å². The van der Waals surface area contributed by atoms with E-state index in [1.165, 1.54) is 27.9 Å². The third-order valence-electron chi connectivity index (χ3n) is 9.73. The summed E-state index contributed by atoms with van der Waals surface area (Å²) in [4.78, 5) is 7.56. The van der Waals surface area contributed by atoms with Crippen LogP contribution in [0.15, 0.2) is 151 Å². The van der Waals surface area contributed by atoms with Gasteiger partial charge in [-0.15, -0.1) is 0 Å². The summed E-state index contributed by atoms with van der Waals surface area (Å²) in [7, 11) is 2.12. The molecule has 2 N–H and O–H groups in total. The fourth-order valence-corrected chi connectivity index (χ4v) is 7.05.